The van der Waals surface area contributed by atoms with Crippen LogP contribution in [0.3, 0.4) is 0 Å². The molecule has 0 aliphatic heterocycles. The van der Waals surface area contributed by atoms with Crippen molar-refractivity contribution in [2.45, 2.75) is 13.5 Å². The van der Waals surface area contributed by atoms with Crippen molar-refractivity contribution in [3.63, 3.8) is 0 Å². The van der Waals surface area contributed by atoms with E-state index in [4.69, 9.17) is 0 Å². The average Bonchev–Trinajstić information content (AvgIpc) is 2.78. The highest BCUT2D eigenvalue weighted by Crippen LogP contribution is 2.20. The van der Waals surface area contributed by atoms with Gasteiger partial charge in [0.25, 0.3) is 0 Å². The highest BCUT2D eigenvalue weighted by Gasteiger charge is 2.10. The minimum atomic E-state index is 0.785. The summed E-state index contributed by atoms with van der Waals surface area (Å²) >= 11 is 0. The molecule has 3 nitrogen and oxygen atoms in total. The third kappa shape index (κ3) is 1.11. The molecule has 1 aromatic carbocycles. The molecule has 3 heteroatoms. The summed E-state index contributed by atoms with van der Waals surface area (Å²) < 4.78 is 4.31. The van der Waals surface area contributed by atoms with Crippen molar-refractivity contribution in [1.82, 2.24) is 14.0 Å². The summed E-state index contributed by atoms with van der Waals surface area (Å²) in [5.41, 5.74) is 3.43. The quantitative estimate of drug-likeness (QED) is 0.597. The van der Waals surface area contributed by atoms with Gasteiger partial charge in [0, 0.05) is 12.7 Å². The molecule has 0 saturated carbocycles. The van der Waals surface area contributed by atoms with Gasteiger partial charge in [0.15, 0.2) is 0 Å². The molecule has 0 radical (unpaired) electrons. The molecule has 80 valence electrons. The second-order valence-electron chi connectivity index (χ2n) is 3.94. The Morgan fingerprint density at radius 1 is 1.31 bits per heavy atom. The molecular formula is C13H13N3. The van der Waals surface area contributed by atoms with Gasteiger partial charge in [0.1, 0.15) is 0 Å². The van der Waals surface area contributed by atoms with E-state index in [-0.39, 0.29) is 0 Å². The van der Waals surface area contributed by atoms with E-state index >= 15 is 0 Å². The van der Waals surface area contributed by atoms with E-state index in [9.17, 15) is 0 Å². The van der Waals surface area contributed by atoms with E-state index in [1.165, 1.54) is 11.0 Å². The van der Waals surface area contributed by atoms with Gasteiger partial charge in [-0.1, -0.05) is 18.2 Å². The largest absolute Gasteiger partial charge is 0.306 e. The Morgan fingerprint density at radius 3 is 2.81 bits per heavy atom. The third-order valence-corrected chi connectivity index (χ3v) is 2.79. The van der Waals surface area contributed by atoms with E-state index in [1.54, 1.807) is 0 Å². The Balaban J connectivity index is 2.50. The molecule has 0 N–H and O–H groups in total. The van der Waals surface area contributed by atoms with Crippen LogP contribution < -0.4 is 0 Å². The molecular weight excluding hydrogens is 198 g/mol. The number of imidazole rings is 2. The molecule has 0 aliphatic carbocycles. The van der Waals surface area contributed by atoms with Crippen LogP contribution in [0, 0.1) is 6.92 Å². The minimum Gasteiger partial charge on any atom is -0.306 e. The van der Waals surface area contributed by atoms with Crippen LogP contribution in [0.4, 0.5) is 0 Å². The highest BCUT2D eigenvalue weighted by atomic mass is 15.2. The van der Waals surface area contributed by atoms with E-state index in [0.717, 1.165) is 18.0 Å². The van der Waals surface area contributed by atoms with Crippen molar-refractivity contribution in [3.8, 4) is 0 Å². The maximum absolute atomic E-state index is 4.55. The number of hydrogen-bond acceptors (Lipinski definition) is 1. The fourth-order valence-electron chi connectivity index (χ4n) is 2.17. The van der Waals surface area contributed by atoms with Crippen molar-refractivity contribution in [2.75, 3.05) is 0 Å². The monoisotopic (exact) mass is 211 g/mol. The zero-order chi connectivity index (χ0) is 11.1. The smallest absolute Gasteiger partial charge is 0.215 e. The minimum absolute atomic E-state index is 0.785. The maximum Gasteiger partial charge on any atom is 0.215 e. The lowest BCUT2D eigenvalue weighted by Gasteiger charge is -1.99. The predicted molar refractivity (Wildman–Crippen MR) is 65.6 cm³/mol. The maximum atomic E-state index is 4.55. The molecule has 3 aromatic rings. The first-order valence-electron chi connectivity index (χ1n) is 5.35. The first kappa shape index (κ1) is 9.21. The highest BCUT2D eigenvalue weighted by molar-refractivity contribution is 5.81. The van der Waals surface area contributed by atoms with Gasteiger partial charge >= 0.3 is 0 Å². The number of nitrogens with zero attached hydrogens (tertiary/aromatic N) is 3. The summed E-state index contributed by atoms with van der Waals surface area (Å²) in [6.07, 6.45) is 3.97. The second-order valence-corrected chi connectivity index (χ2v) is 3.94. The predicted octanol–water partition coefficient (Wildman–Crippen LogP) is 2.78. The van der Waals surface area contributed by atoms with Crippen LogP contribution in [0.1, 0.15) is 5.69 Å². The van der Waals surface area contributed by atoms with Crippen molar-refractivity contribution in [3.05, 3.63) is 48.8 Å². The summed E-state index contributed by atoms with van der Waals surface area (Å²) in [5, 5.41) is 0. The normalized spacial score (nSPS) is 11.3. The first-order chi connectivity index (χ1) is 7.81. The third-order valence-electron chi connectivity index (χ3n) is 2.79. The molecule has 0 bridgehead atoms. The number of hydrogen-bond donors (Lipinski definition) is 0. The zero-order valence-electron chi connectivity index (χ0n) is 9.22. The van der Waals surface area contributed by atoms with Gasteiger partial charge in [0.2, 0.25) is 5.78 Å². The molecule has 2 heterocycles. The zero-order valence-corrected chi connectivity index (χ0v) is 9.22. The Labute approximate surface area is 93.6 Å². The number of rotatable bonds is 2. The fourth-order valence-corrected chi connectivity index (χ4v) is 2.17. The molecule has 0 unspecified atom stereocenters. The summed E-state index contributed by atoms with van der Waals surface area (Å²) in [7, 11) is 0. The first-order valence-corrected chi connectivity index (χ1v) is 5.35. The number of aromatic nitrogens is 3. The van der Waals surface area contributed by atoms with Crippen molar-refractivity contribution in [1.29, 1.82) is 0 Å². The molecule has 0 aliphatic rings. The molecule has 16 heavy (non-hydrogen) atoms. The van der Waals surface area contributed by atoms with E-state index in [2.05, 4.69) is 44.9 Å². The van der Waals surface area contributed by atoms with Crippen LogP contribution in [-0.2, 0) is 6.54 Å². The summed E-state index contributed by atoms with van der Waals surface area (Å²) in [6, 6.07) is 8.33. The lowest BCUT2D eigenvalue weighted by molar-refractivity contribution is 0.872. The lowest BCUT2D eigenvalue weighted by atomic mass is 10.3. The van der Waals surface area contributed by atoms with Gasteiger partial charge in [-0.05, 0) is 19.1 Å². The molecule has 0 atom stereocenters. The molecule has 3 rings (SSSR count). The van der Waals surface area contributed by atoms with Crippen LogP contribution >= 0.6 is 0 Å². The number of allylic oxidation sites excluding steroid dienone is 1. The molecule has 0 saturated heterocycles. The number of benzene rings is 1. The molecule has 2 aromatic heterocycles. The lowest BCUT2D eigenvalue weighted by Crippen LogP contribution is -1.95. The van der Waals surface area contributed by atoms with Crippen LogP contribution in [0.25, 0.3) is 16.8 Å². The van der Waals surface area contributed by atoms with E-state index < -0.39 is 0 Å². The number of para-hydroxylation sites is 2. The van der Waals surface area contributed by atoms with Crippen LogP contribution in [0.5, 0.6) is 0 Å². The second kappa shape index (κ2) is 3.23. The Bertz CT molecular complexity index is 673. The summed E-state index contributed by atoms with van der Waals surface area (Å²) in [6.45, 7) is 6.60. The van der Waals surface area contributed by atoms with Crippen molar-refractivity contribution in [2.24, 2.45) is 0 Å². The van der Waals surface area contributed by atoms with Gasteiger partial charge in [-0.25, -0.2) is 4.98 Å². The fraction of sp³-hybridized carbons (Fsp3) is 0.154. The topological polar surface area (TPSA) is 22.2 Å². The Kier molecular flexibility index (Phi) is 1.86. The average molecular weight is 211 g/mol. The molecule has 0 amide bonds. The Hall–Kier alpha value is -2.03. The van der Waals surface area contributed by atoms with Crippen molar-refractivity contribution >= 4 is 16.8 Å². The van der Waals surface area contributed by atoms with Gasteiger partial charge in [0.05, 0.1) is 16.7 Å². The van der Waals surface area contributed by atoms with Gasteiger partial charge in [-0.3, -0.25) is 4.40 Å². The number of aryl methyl sites for hydroxylation is 1. The van der Waals surface area contributed by atoms with Gasteiger partial charge in [-0.2, -0.15) is 0 Å². The SMILES string of the molecule is C=CCn1c2ccccc2n2cc(C)nc12. The van der Waals surface area contributed by atoms with Gasteiger partial charge < -0.3 is 4.57 Å². The van der Waals surface area contributed by atoms with Crippen LogP contribution in [-0.4, -0.2) is 14.0 Å². The Morgan fingerprint density at radius 2 is 2.06 bits per heavy atom. The van der Waals surface area contributed by atoms with E-state index in [1.807, 2.05) is 19.1 Å². The summed E-state index contributed by atoms with van der Waals surface area (Å²) in [4.78, 5) is 4.55. The van der Waals surface area contributed by atoms with Crippen LogP contribution in [0.2, 0.25) is 0 Å². The van der Waals surface area contributed by atoms with E-state index in [0.29, 0.717) is 0 Å². The molecule has 0 spiro atoms. The van der Waals surface area contributed by atoms with Crippen molar-refractivity contribution < 1.29 is 0 Å². The van der Waals surface area contributed by atoms with Crippen LogP contribution in [0.15, 0.2) is 43.1 Å². The molecule has 0 fully saturated rings. The standard InChI is InChI=1S/C13H13N3/c1-3-8-15-11-6-4-5-7-12(11)16-9-10(2)14-13(15)16/h3-7,9H,1,8H2,2H3. The summed E-state index contributed by atoms with van der Waals surface area (Å²) in [5.74, 6) is 0.985. The number of fused-ring (bicyclic) bond motifs is 3. The van der Waals surface area contributed by atoms with Gasteiger partial charge in [-0.15, -0.1) is 6.58 Å².